The van der Waals surface area contributed by atoms with E-state index in [1.807, 2.05) is 32.1 Å². The second kappa shape index (κ2) is 8.06. The van der Waals surface area contributed by atoms with E-state index in [9.17, 15) is 9.59 Å². The van der Waals surface area contributed by atoms with Crippen LogP contribution in [0.5, 0.6) is 0 Å². The number of nitrogens with zero attached hydrogens (tertiary/aromatic N) is 3. The van der Waals surface area contributed by atoms with E-state index in [1.165, 1.54) is 11.8 Å². The van der Waals surface area contributed by atoms with Crippen molar-refractivity contribution in [2.75, 3.05) is 20.7 Å². The maximum Gasteiger partial charge on any atom is 0.338 e. The normalized spacial score (nSPS) is 17.0. The Balaban J connectivity index is 1.94. The molecule has 1 fully saturated rings. The molecule has 1 amide bonds. The molecule has 0 atom stereocenters. The van der Waals surface area contributed by atoms with E-state index in [4.69, 9.17) is 4.74 Å². The van der Waals surface area contributed by atoms with E-state index >= 15 is 0 Å². The number of aromatic nitrogens is 1. The summed E-state index contributed by atoms with van der Waals surface area (Å²) in [5.74, 6) is -0.371. The van der Waals surface area contributed by atoms with Crippen LogP contribution >= 0.6 is 11.8 Å². The van der Waals surface area contributed by atoms with Gasteiger partial charge in [0.1, 0.15) is 0 Å². The number of carbonyl (C=O) groups is 2. The van der Waals surface area contributed by atoms with Crippen LogP contribution in [-0.4, -0.2) is 47.2 Å². The average Bonchev–Trinajstić information content (AvgIpc) is 3.12. The zero-order chi connectivity index (χ0) is 20.4. The minimum absolute atomic E-state index is 0.0470. The van der Waals surface area contributed by atoms with E-state index in [1.54, 1.807) is 38.1 Å². The van der Waals surface area contributed by atoms with Crippen molar-refractivity contribution in [3.8, 4) is 5.69 Å². The number of rotatable bonds is 4. The predicted molar refractivity (Wildman–Crippen MR) is 113 cm³/mol. The number of hydrogen-bond donors (Lipinski definition) is 0. The molecule has 146 valence electrons. The van der Waals surface area contributed by atoms with E-state index < -0.39 is 0 Å². The van der Waals surface area contributed by atoms with Gasteiger partial charge in [-0.15, -0.1) is 0 Å². The third-order valence-corrected chi connectivity index (χ3v) is 5.74. The number of carbonyl (C=O) groups excluding carboxylic acids is 2. The quantitative estimate of drug-likeness (QED) is 0.581. The fourth-order valence-electron chi connectivity index (χ4n) is 3.18. The molecule has 0 unspecified atom stereocenters. The van der Waals surface area contributed by atoms with Crippen molar-refractivity contribution in [2.24, 2.45) is 4.99 Å². The minimum atomic E-state index is -0.324. The molecule has 0 saturated carbocycles. The number of hydrogen-bond acceptors (Lipinski definition) is 5. The molecule has 1 saturated heterocycles. The summed E-state index contributed by atoms with van der Waals surface area (Å²) in [5.41, 5.74) is 4.52. The van der Waals surface area contributed by atoms with Crippen LogP contribution in [0, 0.1) is 13.8 Å². The molecule has 28 heavy (non-hydrogen) atoms. The number of aryl methyl sites for hydroxylation is 1. The summed E-state index contributed by atoms with van der Waals surface area (Å²) in [7, 11) is 3.41. The van der Waals surface area contributed by atoms with Gasteiger partial charge in [-0.05, 0) is 74.5 Å². The lowest BCUT2D eigenvalue weighted by Crippen LogP contribution is -2.23. The highest BCUT2D eigenvalue weighted by Crippen LogP contribution is 2.33. The zero-order valence-corrected chi connectivity index (χ0v) is 17.5. The van der Waals surface area contributed by atoms with Crippen molar-refractivity contribution < 1.29 is 14.3 Å². The van der Waals surface area contributed by atoms with Gasteiger partial charge in [0, 0.05) is 31.2 Å². The standard InChI is InChI=1S/C21H23N3O3S/c1-6-27-20(26)15-7-9-17(10-8-15)24-13(2)11-16(14(24)3)12-18-19(25)23(5)21(22-4)28-18/h7-12H,6H2,1-5H3/b18-12-,22-21?. The summed E-state index contributed by atoms with van der Waals surface area (Å²) < 4.78 is 7.14. The van der Waals surface area contributed by atoms with Crippen LogP contribution in [-0.2, 0) is 9.53 Å². The Morgan fingerprint density at radius 2 is 1.93 bits per heavy atom. The lowest BCUT2D eigenvalue weighted by atomic mass is 10.2. The van der Waals surface area contributed by atoms with Crippen molar-refractivity contribution in [1.82, 2.24) is 9.47 Å². The van der Waals surface area contributed by atoms with Gasteiger partial charge in [-0.25, -0.2) is 4.79 Å². The Bertz CT molecular complexity index is 987. The minimum Gasteiger partial charge on any atom is -0.462 e. The average molecular weight is 398 g/mol. The summed E-state index contributed by atoms with van der Waals surface area (Å²) in [6.07, 6.45) is 1.91. The Hall–Kier alpha value is -2.80. The highest BCUT2D eigenvalue weighted by molar-refractivity contribution is 8.18. The van der Waals surface area contributed by atoms with Crippen LogP contribution in [0.4, 0.5) is 0 Å². The summed E-state index contributed by atoms with van der Waals surface area (Å²) in [5, 5.41) is 0.694. The second-order valence-electron chi connectivity index (χ2n) is 6.41. The van der Waals surface area contributed by atoms with Crippen LogP contribution in [0.25, 0.3) is 11.8 Å². The van der Waals surface area contributed by atoms with Crippen LogP contribution in [0.1, 0.15) is 34.2 Å². The summed E-state index contributed by atoms with van der Waals surface area (Å²) in [4.78, 5) is 30.6. The lowest BCUT2D eigenvalue weighted by molar-refractivity contribution is -0.121. The van der Waals surface area contributed by atoms with Gasteiger partial charge >= 0.3 is 5.97 Å². The first kappa shape index (κ1) is 19.9. The van der Waals surface area contributed by atoms with E-state index in [-0.39, 0.29) is 11.9 Å². The molecule has 1 aliphatic heterocycles. The van der Waals surface area contributed by atoms with Gasteiger partial charge in [-0.1, -0.05) is 0 Å². The Labute approximate surface area is 168 Å². The third-order valence-electron chi connectivity index (χ3n) is 4.59. The second-order valence-corrected chi connectivity index (χ2v) is 7.42. The number of amidine groups is 1. The maximum absolute atomic E-state index is 12.4. The molecule has 0 aliphatic carbocycles. The highest BCUT2D eigenvalue weighted by Gasteiger charge is 2.30. The number of aliphatic imine (C=N–C) groups is 1. The number of ether oxygens (including phenoxy) is 1. The highest BCUT2D eigenvalue weighted by atomic mass is 32.2. The predicted octanol–water partition coefficient (Wildman–Crippen LogP) is 3.80. The maximum atomic E-state index is 12.4. The van der Waals surface area contributed by atoms with Crippen molar-refractivity contribution in [3.05, 3.63) is 57.8 Å². The summed E-state index contributed by atoms with van der Waals surface area (Å²) in [6.45, 7) is 6.17. The number of amides is 1. The molecule has 7 heteroatoms. The van der Waals surface area contributed by atoms with Crippen molar-refractivity contribution in [3.63, 3.8) is 0 Å². The van der Waals surface area contributed by atoms with Gasteiger partial charge < -0.3 is 9.30 Å². The van der Waals surface area contributed by atoms with Crippen LogP contribution < -0.4 is 0 Å². The van der Waals surface area contributed by atoms with E-state index in [2.05, 4.69) is 15.6 Å². The number of benzene rings is 1. The molecule has 2 heterocycles. The van der Waals surface area contributed by atoms with Gasteiger partial charge in [-0.2, -0.15) is 0 Å². The zero-order valence-electron chi connectivity index (χ0n) is 16.6. The largest absolute Gasteiger partial charge is 0.462 e. The Morgan fingerprint density at radius 1 is 1.25 bits per heavy atom. The first-order chi connectivity index (χ1) is 13.4. The lowest BCUT2D eigenvalue weighted by Gasteiger charge is -2.10. The molecule has 0 radical (unpaired) electrons. The Kier molecular flexibility index (Phi) is 5.74. The fraction of sp³-hybridized carbons (Fsp3) is 0.286. The first-order valence-corrected chi connectivity index (χ1v) is 9.80. The molecule has 2 aromatic rings. The molecule has 1 aliphatic rings. The van der Waals surface area contributed by atoms with Gasteiger partial charge in [0.2, 0.25) is 0 Å². The van der Waals surface area contributed by atoms with Crippen molar-refractivity contribution >= 4 is 34.9 Å². The first-order valence-electron chi connectivity index (χ1n) is 8.98. The smallest absolute Gasteiger partial charge is 0.338 e. The monoisotopic (exact) mass is 397 g/mol. The molecule has 0 spiro atoms. The summed E-state index contributed by atoms with van der Waals surface area (Å²) >= 11 is 1.38. The molecule has 0 N–H and O–H groups in total. The van der Waals surface area contributed by atoms with Crippen molar-refractivity contribution in [1.29, 1.82) is 0 Å². The van der Waals surface area contributed by atoms with Crippen LogP contribution in [0.3, 0.4) is 0 Å². The topological polar surface area (TPSA) is 63.9 Å². The van der Waals surface area contributed by atoms with Gasteiger partial charge in [-0.3, -0.25) is 14.7 Å². The van der Waals surface area contributed by atoms with Crippen molar-refractivity contribution in [2.45, 2.75) is 20.8 Å². The Morgan fingerprint density at radius 3 is 2.50 bits per heavy atom. The molecule has 3 rings (SSSR count). The SMILES string of the molecule is CCOC(=O)c1ccc(-n2c(C)cc(/C=C3\SC(=NC)N(C)C3=O)c2C)cc1. The molecule has 6 nitrogen and oxygen atoms in total. The van der Waals surface area contributed by atoms with Crippen LogP contribution in [0.2, 0.25) is 0 Å². The summed E-state index contributed by atoms with van der Waals surface area (Å²) in [6, 6.07) is 9.37. The molecule has 1 aromatic carbocycles. The van der Waals surface area contributed by atoms with Gasteiger partial charge in [0.15, 0.2) is 5.17 Å². The fourth-order valence-corrected chi connectivity index (χ4v) is 4.10. The van der Waals surface area contributed by atoms with E-state index in [0.29, 0.717) is 22.2 Å². The molecule has 0 bridgehead atoms. The molecular weight excluding hydrogens is 374 g/mol. The number of likely N-dealkylation sites (N-methyl/N-ethyl adjacent to an activating group) is 1. The van der Waals surface area contributed by atoms with Gasteiger partial charge in [0.25, 0.3) is 5.91 Å². The van der Waals surface area contributed by atoms with E-state index in [0.717, 1.165) is 22.6 Å². The number of esters is 1. The molecular formula is C21H23N3O3S. The molecule has 1 aromatic heterocycles. The third kappa shape index (κ3) is 3.62. The van der Waals surface area contributed by atoms with Gasteiger partial charge in [0.05, 0.1) is 17.1 Å². The van der Waals surface area contributed by atoms with Crippen LogP contribution in [0.15, 0.2) is 40.2 Å². The number of thioether (sulfide) groups is 1.